The van der Waals surface area contributed by atoms with E-state index in [2.05, 4.69) is 29.6 Å². The molecule has 4 aromatic rings. The third-order valence-corrected chi connectivity index (χ3v) is 8.80. The van der Waals surface area contributed by atoms with E-state index in [1.54, 1.807) is 29.0 Å². The zero-order valence-electron chi connectivity index (χ0n) is 26.0. The van der Waals surface area contributed by atoms with Gasteiger partial charge in [-0.25, -0.2) is 19.2 Å². The first kappa shape index (κ1) is 31.7. The van der Waals surface area contributed by atoms with Crippen LogP contribution in [-0.2, 0) is 9.47 Å². The molecule has 240 valence electrons. The number of halogens is 2. The number of carbonyl (C=O) groups excluding carboxylic acids is 2. The second-order valence-corrected chi connectivity index (χ2v) is 13.3. The number of nitrogens with one attached hydrogen (secondary N) is 1. The summed E-state index contributed by atoms with van der Waals surface area (Å²) in [7, 11) is 0. The number of alkyl carbamates (subject to hydrolysis) is 1. The Morgan fingerprint density at radius 3 is 2.13 bits per heavy atom. The van der Waals surface area contributed by atoms with Crippen molar-refractivity contribution in [3.8, 4) is 11.1 Å². The van der Waals surface area contributed by atoms with E-state index in [1.807, 2.05) is 45.0 Å². The molecular weight excluding hydrogens is 629 g/mol. The lowest BCUT2D eigenvalue weighted by molar-refractivity contribution is 0.0231. The van der Waals surface area contributed by atoms with Crippen LogP contribution in [0.3, 0.4) is 0 Å². The van der Waals surface area contributed by atoms with Gasteiger partial charge in [-0.15, -0.1) is 0 Å². The van der Waals surface area contributed by atoms with Crippen LogP contribution in [0, 0.1) is 0 Å². The third kappa shape index (κ3) is 6.11. The van der Waals surface area contributed by atoms with E-state index in [0.717, 1.165) is 22.3 Å². The lowest BCUT2D eigenvalue weighted by Crippen LogP contribution is -2.57. The van der Waals surface area contributed by atoms with Crippen molar-refractivity contribution in [2.45, 2.75) is 45.3 Å². The van der Waals surface area contributed by atoms with Crippen LogP contribution in [0.15, 0.2) is 65.5 Å². The molecule has 1 N–H and O–H groups in total. The Hall–Kier alpha value is -4.28. The van der Waals surface area contributed by atoms with E-state index in [0.29, 0.717) is 26.2 Å². The van der Waals surface area contributed by atoms with Crippen LogP contribution in [0.25, 0.3) is 22.0 Å². The highest BCUT2D eigenvalue weighted by Gasteiger charge is 2.32. The first-order valence-electron chi connectivity index (χ1n) is 15.2. The number of amides is 2. The van der Waals surface area contributed by atoms with Gasteiger partial charge in [-0.2, -0.15) is 0 Å². The molecule has 1 aliphatic heterocycles. The van der Waals surface area contributed by atoms with Crippen molar-refractivity contribution in [3.05, 3.63) is 98.0 Å². The summed E-state index contributed by atoms with van der Waals surface area (Å²) in [5.41, 5.74) is 3.65. The lowest BCUT2D eigenvalue weighted by atomic mass is 9.98. The molecule has 12 heteroatoms. The maximum atomic E-state index is 14.0. The third-order valence-electron chi connectivity index (χ3n) is 8.18. The Morgan fingerprint density at radius 2 is 1.52 bits per heavy atom. The highest BCUT2D eigenvalue weighted by Crippen LogP contribution is 2.44. The molecular formula is C34H35Cl2N5O5. The average Bonchev–Trinajstić information content (AvgIpc) is 3.34. The summed E-state index contributed by atoms with van der Waals surface area (Å²) in [4.78, 5) is 46.3. The smallest absolute Gasteiger partial charge is 0.410 e. The van der Waals surface area contributed by atoms with Gasteiger partial charge in [0.15, 0.2) is 5.82 Å². The number of hydrogen-bond donors (Lipinski definition) is 1. The van der Waals surface area contributed by atoms with Crippen molar-refractivity contribution in [2.75, 3.05) is 37.8 Å². The van der Waals surface area contributed by atoms with Gasteiger partial charge >= 0.3 is 12.2 Å². The maximum Gasteiger partial charge on any atom is 0.410 e. The molecule has 1 aromatic heterocycles. The van der Waals surface area contributed by atoms with Gasteiger partial charge in [-0.3, -0.25) is 4.79 Å². The van der Waals surface area contributed by atoms with Crippen LogP contribution in [-0.4, -0.2) is 65.1 Å². The van der Waals surface area contributed by atoms with E-state index in [9.17, 15) is 14.4 Å². The normalized spacial score (nSPS) is 15.3. The Morgan fingerprint density at radius 1 is 0.935 bits per heavy atom. The standard InChI is InChI=1S/C34H35Cl2N5O5/c1-20(37-32(43)45-19-25-23-11-7-5-9-21(23)22-10-6-8-12-24(22)25)30-38-29-27(36)14-13-26(35)28(29)31(42)41(30)40-17-15-39(16-18-40)33(44)46-34(2,3)4/h5-14,20,25H,15-19H2,1-4H3,(H,37,43)/t20-/m0/s1. The molecule has 0 bridgehead atoms. The summed E-state index contributed by atoms with van der Waals surface area (Å²) in [6.45, 7) is 8.56. The van der Waals surface area contributed by atoms with Crippen molar-refractivity contribution >= 4 is 46.3 Å². The molecule has 6 rings (SSSR count). The van der Waals surface area contributed by atoms with Gasteiger partial charge in [0.25, 0.3) is 5.56 Å². The lowest BCUT2D eigenvalue weighted by Gasteiger charge is -2.38. The first-order valence-corrected chi connectivity index (χ1v) is 15.9. The van der Waals surface area contributed by atoms with Crippen molar-refractivity contribution in [3.63, 3.8) is 0 Å². The monoisotopic (exact) mass is 663 g/mol. The van der Waals surface area contributed by atoms with Crippen molar-refractivity contribution < 1.29 is 19.1 Å². The van der Waals surface area contributed by atoms with Crippen molar-refractivity contribution in [2.24, 2.45) is 0 Å². The number of fused-ring (bicyclic) bond motifs is 4. The summed E-state index contributed by atoms with van der Waals surface area (Å²) < 4.78 is 12.7. The minimum Gasteiger partial charge on any atom is -0.449 e. The summed E-state index contributed by atoms with van der Waals surface area (Å²) in [5.74, 6) is 0.147. The largest absolute Gasteiger partial charge is 0.449 e. The van der Waals surface area contributed by atoms with Gasteiger partial charge in [-0.05, 0) is 62.1 Å². The molecule has 1 atom stereocenters. The van der Waals surface area contributed by atoms with Crippen LogP contribution < -0.4 is 15.9 Å². The van der Waals surface area contributed by atoms with Gasteiger partial charge in [0.05, 0.1) is 40.1 Å². The predicted molar refractivity (Wildman–Crippen MR) is 178 cm³/mol. The summed E-state index contributed by atoms with van der Waals surface area (Å²) in [5, 5.41) is 5.28. The Balaban J connectivity index is 1.24. The molecule has 1 aliphatic carbocycles. The Labute approximate surface area is 276 Å². The van der Waals surface area contributed by atoms with Crippen molar-refractivity contribution in [1.29, 1.82) is 0 Å². The molecule has 0 unspecified atom stereocenters. The van der Waals surface area contributed by atoms with Crippen LogP contribution in [0.4, 0.5) is 9.59 Å². The zero-order chi connectivity index (χ0) is 32.7. The van der Waals surface area contributed by atoms with Crippen LogP contribution >= 0.6 is 23.2 Å². The predicted octanol–water partition coefficient (Wildman–Crippen LogP) is 6.49. The van der Waals surface area contributed by atoms with E-state index >= 15 is 0 Å². The van der Waals surface area contributed by atoms with Crippen molar-refractivity contribution in [1.82, 2.24) is 19.9 Å². The van der Waals surface area contributed by atoms with Gasteiger partial charge in [-0.1, -0.05) is 71.7 Å². The Kier molecular flexibility index (Phi) is 8.60. The molecule has 1 fully saturated rings. The number of nitrogens with zero attached hydrogens (tertiary/aromatic N) is 4. The molecule has 2 amide bonds. The molecule has 46 heavy (non-hydrogen) atoms. The Bertz CT molecular complexity index is 1840. The molecule has 0 radical (unpaired) electrons. The fourth-order valence-corrected chi connectivity index (χ4v) is 6.50. The number of piperazine rings is 1. The summed E-state index contributed by atoms with van der Waals surface area (Å²) in [6, 6.07) is 18.6. The molecule has 10 nitrogen and oxygen atoms in total. The fourth-order valence-electron chi connectivity index (χ4n) is 6.07. The van der Waals surface area contributed by atoms with Crippen LogP contribution in [0.5, 0.6) is 0 Å². The highest BCUT2D eigenvalue weighted by atomic mass is 35.5. The second kappa shape index (κ2) is 12.5. The van der Waals surface area contributed by atoms with E-state index in [1.165, 1.54) is 4.68 Å². The molecule has 0 spiro atoms. The molecule has 3 aromatic carbocycles. The fraction of sp³-hybridized carbons (Fsp3) is 0.353. The van der Waals surface area contributed by atoms with Gasteiger partial charge in [0.2, 0.25) is 0 Å². The number of aromatic nitrogens is 2. The zero-order valence-corrected chi connectivity index (χ0v) is 27.6. The quantitative estimate of drug-likeness (QED) is 0.260. The number of ether oxygens (including phenoxy) is 2. The molecule has 0 saturated carbocycles. The van der Waals surface area contributed by atoms with E-state index < -0.39 is 29.4 Å². The minimum absolute atomic E-state index is 0.104. The molecule has 1 saturated heterocycles. The van der Waals surface area contributed by atoms with E-state index in [-0.39, 0.29) is 39.3 Å². The molecule has 2 aliphatic rings. The average molecular weight is 665 g/mol. The van der Waals surface area contributed by atoms with Gasteiger partial charge < -0.3 is 24.7 Å². The summed E-state index contributed by atoms with van der Waals surface area (Å²) >= 11 is 13.0. The van der Waals surface area contributed by atoms with Gasteiger partial charge in [0, 0.05) is 19.0 Å². The highest BCUT2D eigenvalue weighted by molar-refractivity contribution is 6.39. The summed E-state index contributed by atoms with van der Waals surface area (Å²) in [6.07, 6.45) is -1.07. The van der Waals surface area contributed by atoms with E-state index in [4.69, 9.17) is 37.7 Å². The second-order valence-electron chi connectivity index (χ2n) is 12.5. The number of hydrogen-bond acceptors (Lipinski definition) is 7. The number of rotatable bonds is 5. The topological polar surface area (TPSA) is 106 Å². The van der Waals surface area contributed by atoms with Crippen LogP contribution in [0.1, 0.15) is 56.6 Å². The number of carbonyl (C=O) groups is 2. The minimum atomic E-state index is -0.758. The van der Waals surface area contributed by atoms with Crippen LogP contribution in [0.2, 0.25) is 10.0 Å². The molecule has 2 heterocycles. The maximum absolute atomic E-state index is 14.0. The van der Waals surface area contributed by atoms with Gasteiger partial charge in [0.1, 0.15) is 12.2 Å². The first-order chi connectivity index (χ1) is 21.9. The SMILES string of the molecule is C[C@H](NC(=O)OCC1c2ccccc2-c2ccccc21)c1nc2c(Cl)ccc(Cl)c2c(=O)n1N1CCN(C(=O)OC(C)(C)C)CC1. The number of benzene rings is 3.